The van der Waals surface area contributed by atoms with Gasteiger partial charge in [-0.05, 0) is 43.0 Å². The molecule has 0 unspecified atom stereocenters. The molecule has 1 aromatic carbocycles. The highest BCUT2D eigenvalue weighted by molar-refractivity contribution is 7.89. The number of halogens is 1. The van der Waals surface area contributed by atoms with Crippen LogP contribution >= 0.6 is 23.7 Å². The van der Waals surface area contributed by atoms with Gasteiger partial charge in [0.2, 0.25) is 10.0 Å². The molecule has 1 aromatic heterocycles. The van der Waals surface area contributed by atoms with Gasteiger partial charge in [0.1, 0.15) is 4.88 Å². The molecular formula is C15H19ClN2O4S2. The number of nitrogens with zero attached hydrogens (tertiary/aromatic N) is 1. The molecule has 1 fully saturated rings. The molecule has 0 bridgehead atoms. The highest BCUT2D eigenvalue weighted by Crippen LogP contribution is 2.30. The van der Waals surface area contributed by atoms with Crippen LogP contribution in [0.3, 0.4) is 0 Å². The minimum absolute atomic E-state index is 0. The Morgan fingerprint density at radius 1 is 1.42 bits per heavy atom. The van der Waals surface area contributed by atoms with Crippen LogP contribution in [0.5, 0.6) is 0 Å². The number of hydrogen-bond acceptors (Lipinski definition) is 6. The zero-order chi connectivity index (χ0) is 16.6. The van der Waals surface area contributed by atoms with E-state index in [1.807, 2.05) is 0 Å². The molecule has 0 saturated carbocycles. The summed E-state index contributed by atoms with van der Waals surface area (Å²) in [7, 11) is -3.54. The first-order valence-electron chi connectivity index (χ1n) is 7.38. The largest absolute Gasteiger partial charge is 0.462 e. The zero-order valence-corrected chi connectivity index (χ0v) is 15.5. The third-order valence-electron chi connectivity index (χ3n) is 3.79. The van der Waals surface area contributed by atoms with Crippen molar-refractivity contribution in [2.45, 2.75) is 24.3 Å². The van der Waals surface area contributed by atoms with Gasteiger partial charge in [0.25, 0.3) is 0 Å². The van der Waals surface area contributed by atoms with Crippen LogP contribution < -0.4 is 5.73 Å². The molecule has 24 heavy (non-hydrogen) atoms. The van der Waals surface area contributed by atoms with Gasteiger partial charge in [-0.15, -0.1) is 23.7 Å². The molecule has 3 rings (SSSR count). The number of esters is 1. The van der Waals surface area contributed by atoms with Crippen LogP contribution in [0.15, 0.2) is 29.2 Å². The lowest BCUT2D eigenvalue weighted by Crippen LogP contribution is -2.31. The molecule has 1 saturated heterocycles. The van der Waals surface area contributed by atoms with Crippen molar-refractivity contribution in [3.63, 3.8) is 0 Å². The molecule has 0 radical (unpaired) electrons. The number of carbonyl (C=O) groups excluding carboxylic acids is 1. The van der Waals surface area contributed by atoms with Gasteiger partial charge in [-0.1, -0.05) is 0 Å². The van der Waals surface area contributed by atoms with E-state index in [2.05, 4.69) is 0 Å². The van der Waals surface area contributed by atoms with Gasteiger partial charge in [-0.3, -0.25) is 0 Å². The standard InChI is InChI=1S/C15H18N2O4S2.ClH/c1-2-21-15(18)14-8-10-7-12(3-4-13(10)22-14)23(19,20)17-6-5-11(16)9-17;/h3-4,7-8,11H,2,5-6,9,16H2,1H3;1H/t11-;/m0./s1. The topological polar surface area (TPSA) is 89.7 Å². The summed E-state index contributed by atoms with van der Waals surface area (Å²) >= 11 is 1.29. The lowest BCUT2D eigenvalue weighted by Gasteiger charge is -2.15. The molecule has 0 amide bonds. The first kappa shape index (κ1) is 19.1. The quantitative estimate of drug-likeness (QED) is 0.808. The van der Waals surface area contributed by atoms with Gasteiger partial charge in [0.15, 0.2) is 0 Å². The molecule has 6 nitrogen and oxygen atoms in total. The summed E-state index contributed by atoms with van der Waals surface area (Å²) in [6.07, 6.45) is 0.674. The number of rotatable bonds is 4. The Kier molecular flexibility index (Phi) is 5.87. The van der Waals surface area contributed by atoms with E-state index in [9.17, 15) is 13.2 Å². The third-order valence-corrected chi connectivity index (χ3v) is 6.75. The van der Waals surface area contributed by atoms with E-state index in [1.165, 1.54) is 15.6 Å². The fourth-order valence-electron chi connectivity index (χ4n) is 2.61. The average Bonchev–Trinajstić information content (AvgIpc) is 3.12. The average molecular weight is 391 g/mol. The zero-order valence-electron chi connectivity index (χ0n) is 13.1. The second kappa shape index (κ2) is 7.37. The number of carbonyl (C=O) groups is 1. The Balaban J connectivity index is 0.00000208. The number of ether oxygens (including phenoxy) is 1. The van der Waals surface area contributed by atoms with Gasteiger partial charge >= 0.3 is 5.97 Å². The smallest absolute Gasteiger partial charge is 0.348 e. The summed E-state index contributed by atoms with van der Waals surface area (Å²) in [5.74, 6) is -0.386. The van der Waals surface area contributed by atoms with Crippen molar-refractivity contribution in [1.29, 1.82) is 0 Å². The summed E-state index contributed by atoms with van der Waals surface area (Å²) in [6.45, 7) is 2.84. The molecule has 1 aliphatic rings. The minimum Gasteiger partial charge on any atom is -0.462 e. The normalized spacial score (nSPS) is 18.5. The Hall–Kier alpha value is -1.19. The maximum Gasteiger partial charge on any atom is 0.348 e. The second-order valence-electron chi connectivity index (χ2n) is 5.44. The van der Waals surface area contributed by atoms with Gasteiger partial charge in [-0.25, -0.2) is 13.2 Å². The molecular weight excluding hydrogens is 372 g/mol. The van der Waals surface area contributed by atoms with E-state index >= 15 is 0 Å². The van der Waals surface area contributed by atoms with Crippen LogP contribution in [-0.4, -0.2) is 44.4 Å². The SMILES string of the molecule is CCOC(=O)c1cc2cc(S(=O)(=O)N3CC[C@H](N)C3)ccc2s1.Cl. The number of sulfonamides is 1. The second-order valence-corrected chi connectivity index (χ2v) is 8.46. The number of nitrogens with two attached hydrogens (primary N) is 1. The Morgan fingerprint density at radius 3 is 2.79 bits per heavy atom. The lowest BCUT2D eigenvalue weighted by molar-refractivity contribution is 0.0532. The van der Waals surface area contributed by atoms with E-state index in [0.717, 1.165) is 10.1 Å². The van der Waals surface area contributed by atoms with E-state index in [4.69, 9.17) is 10.5 Å². The van der Waals surface area contributed by atoms with Crippen LogP contribution in [0, 0.1) is 0 Å². The predicted molar refractivity (Wildman–Crippen MR) is 96.4 cm³/mol. The van der Waals surface area contributed by atoms with Crippen LogP contribution in [0.4, 0.5) is 0 Å². The van der Waals surface area contributed by atoms with Gasteiger partial charge in [0, 0.05) is 23.8 Å². The predicted octanol–water partition coefficient (Wildman–Crippen LogP) is 2.22. The van der Waals surface area contributed by atoms with Crippen molar-refractivity contribution in [1.82, 2.24) is 4.31 Å². The summed E-state index contributed by atoms with van der Waals surface area (Å²) in [4.78, 5) is 12.5. The Morgan fingerprint density at radius 2 is 2.17 bits per heavy atom. The number of thiophene rings is 1. The minimum atomic E-state index is -3.54. The highest BCUT2D eigenvalue weighted by Gasteiger charge is 2.31. The summed E-state index contributed by atoms with van der Waals surface area (Å²) in [5.41, 5.74) is 5.80. The first-order chi connectivity index (χ1) is 10.9. The van der Waals surface area contributed by atoms with Crippen molar-refractivity contribution in [3.8, 4) is 0 Å². The molecule has 0 spiro atoms. The molecule has 1 atom stereocenters. The molecule has 2 aromatic rings. The molecule has 0 aliphatic carbocycles. The van der Waals surface area contributed by atoms with Crippen molar-refractivity contribution < 1.29 is 17.9 Å². The maximum atomic E-state index is 12.6. The Labute approximate surface area is 151 Å². The van der Waals surface area contributed by atoms with E-state index in [-0.39, 0.29) is 29.3 Å². The maximum absolute atomic E-state index is 12.6. The fourth-order valence-corrected chi connectivity index (χ4v) is 5.09. The highest BCUT2D eigenvalue weighted by atomic mass is 35.5. The van der Waals surface area contributed by atoms with E-state index in [1.54, 1.807) is 31.2 Å². The van der Waals surface area contributed by atoms with E-state index in [0.29, 0.717) is 31.0 Å². The summed E-state index contributed by atoms with van der Waals surface area (Å²) in [6, 6.07) is 6.48. The number of fused-ring (bicyclic) bond motifs is 1. The molecule has 1 aliphatic heterocycles. The van der Waals surface area contributed by atoms with Crippen molar-refractivity contribution >= 4 is 49.8 Å². The molecule has 2 N–H and O–H groups in total. The van der Waals surface area contributed by atoms with Gasteiger partial charge in [-0.2, -0.15) is 4.31 Å². The summed E-state index contributed by atoms with van der Waals surface area (Å²) < 4.78 is 32.5. The van der Waals surface area contributed by atoms with Gasteiger partial charge < -0.3 is 10.5 Å². The van der Waals surface area contributed by atoms with Crippen LogP contribution in [0.1, 0.15) is 23.0 Å². The van der Waals surface area contributed by atoms with Crippen LogP contribution in [-0.2, 0) is 14.8 Å². The van der Waals surface area contributed by atoms with Crippen molar-refractivity contribution in [2.75, 3.05) is 19.7 Å². The van der Waals surface area contributed by atoms with Crippen molar-refractivity contribution in [2.24, 2.45) is 5.73 Å². The monoisotopic (exact) mass is 390 g/mol. The van der Waals surface area contributed by atoms with Gasteiger partial charge in [0.05, 0.1) is 11.5 Å². The number of hydrogen-bond donors (Lipinski definition) is 1. The van der Waals surface area contributed by atoms with Crippen LogP contribution in [0.2, 0.25) is 0 Å². The lowest BCUT2D eigenvalue weighted by atomic mass is 10.2. The van der Waals surface area contributed by atoms with E-state index < -0.39 is 10.0 Å². The molecule has 2 heterocycles. The third kappa shape index (κ3) is 3.57. The summed E-state index contributed by atoms with van der Waals surface area (Å²) in [5, 5.41) is 0.725. The Bertz CT molecular complexity index is 850. The molecule has 132 valence electrons. The van der Waals surface area contributed by atoms with Crippen molar-refractivity contribution in [3.05, 3.63) is 29.1 Å². The fraction of sp³-hybridized carbons (Fsp3) is 0.400. The first-order valence-corrected chi connectivity index (χ1v) is 9.64. The number of benzene rings is 1. The molecule has 9 heteroatoms. The van der Waals surface area contributed by atoms with Crippen LogP contribution in [0.25, 0.3) is 10.1 Å².